The second kappa shape index (κ2) is 7.90. The second-order valence-electron chi connectivity index (χ2n) is 4.72. The van der Waals surface area contributed by atoms with Crippen LogP contribution in [0.4, 0.5) is 11.4 Å². The van der Waals surface area contributed by atoms with Crippen molar-refractivity contribution >= 4 is 50.5 Å². The Bertz CT molecular complexity index is 859. The Morgan fingerprint density at radius 1 is 1.32 bits per heavy atom. The van der Waals surface area contributed by atoms with Crippen LogP contribution in [0.2, 0.25) is 0 Å². The molecule has 8 nitrogen and oxygen atoms in total. The quantitative estimate of drug-likeness (QED) is 0.298. The Kier molecular flexibility index (Phi) is 5.88. The topological polar surface area (TPSA) is 114 Å². The molecule has 0 aliphatic heterocycles. The molecule has 0 bridgehead atoms. The number of benzene rings is 2. The van der Waals surface area contributed by atoms with Crippen molar-refractivity contribution in [2.75, 3.05) is 12.4 Å². The third-order valence-electron chi connectivity index (χ3n) is 3.08. The van der Waals surface area contributed by atoms with Crippen LogP contribution in [0.25, 0.3) is 0 Å². The van der Waals surface area contributed by atoms with Crippen LogP contribution >= 0.6 is 28.1 Å². The lowest BCUT2D eigenvalue weighted by molar-refractivity contribution is -0.384. The monoisotopic (exact) mass is 425 g/mol. The van der Waals surface area contributed by atoms with Crippen LogP contribution in [0.1, 0.15) is 10.4 Å². The number of phenols is 1. The van der Waals surface area contributed by atoms with Crippen LogP contribution in [0.3, 0.4) is 0 Å². The fourth-order valence-electron chi connectivity index (χ4n) is 1.87. The number of aromatic hydroxyl groups is 1. The zero-order chi connectivity index (χ0) is 18.6. The summed E-state index contributed by atoms with van der Waals surface area (Å²) in [6, 6.07) is 8.14. The first-order chi connectivity index (χ1) is 11.8. The largest absolute Gasteiger partial charge is 0.506 e. The molecule has 2 rings (SSSR count). The predicted molar refractivity (Wildman–Crippen MR) is 99.1 cm³/mol. The molecular weight excluding hydrogens is 414 g/mol. The number of nitrogens with zero attached hydrogens (tertiary/aromatic N) is 1. The molecule has 0 atom stereocenters. The molecule has 130 valence electrons. The summed E-state index contributed by atoms with van der Waals surface area (Å²) in [5.41, 5.74) is 0.101. The van der Waals surface area contributed by atoms with Crippen LogP contribution in [-0.4, -0.2) is 28.2 Å². The maximum Gasteiger partial charge on any atom is 0.271 e. The van der Waals surface area contributed by atoms with Gasteiger partial charge in [0, 0.05) is 17.7 Å². The molecule has 1 amide bonds. The van der Waals surface area contributed by atoms with Crippen LogP contribution in [-0.2, 0) is 0 Å². The summed E-state index contributed by atoms with van der Waals surface area (Å²) in [5, 5.41) is 25.4. The number of carbonyl (C=O) groups is 1. The van der Waals surface area contributed by atoms with E-state index in [9.17, 15) is 20.0 Å². The fourth-order valence-corrected chi connectivity index (χ4v) is 2.62. The number of hydrogen-bond acceptors (Lipinski definition) is 6. The van der Waals surface area contributed by atoms with Crippen molar-refractivity contribution in [1.29, 1.82) is 0 Å². The van der Waals surface area contributed by atoms with Crippen molar-refractivity contribution < 1.29 is 19.6 Å². The minimum Gasteiger partial charge on any atom is -0.506 e. The summed E-state index contributed by atoms with van der Waals surface area (Å²) in [4.78, 5) is 22.4. The molecule has 0 aliphatic rings. The molecule has 0 aliphatic carbocycles. The Labute approximate surface area is 156 Å². The van der Waals surface area contributed by atoms with E-state index in [0.717, 1.165) is 18.2 Å². The number of thiocarbonyl (C=S) groups is 1. The van der Waals surface area contributed by atoms with E-state index in [0.29, 0.717) is 15.8 Å². The lowest BCUT2D eigenvalue weighted by Crippen LogP contribution is -2.34. The number of nitro benzene ring substituents is 1. The number of anilines is 1. The van der Waals surface area contributed by atoms with Gasteiger partial charge in [0.15, 0.2) is 5.11 Å². The Morgan fingerprint density at radius 2 is 2.04 bits per heavy atom. The standard InChI is InChI=1S/C15H12BrN3O5S/c1-24-13-5-2-8(6-10(13)16)14(21)18-15(25)17-11-7-9(19(22)23)3-4-12(11)20/h2-7,20H,1H3,(H2,17,18,21,25). The van der Waals surface area contributed by atoms with Gasteiger partial charge in [-0.2, -0.15) is 0 Å². The van der Waals surface area contributed by atoms with Crippen molar-refractivity contribution in [3.63, 3.8) is 0 Å². The lowest BCUT2D eigenvalue weighted by atomic mass is 10.2. The summed E-state index contributed by atoms with van der Waals surface area (Å²) >= 11 is 8.28. The highest BCUT2D eigenvalue weighted by Gasteiger charge is 2.14. The molecule has 10 heteroatoms. The normalized spacial score (nSPS) is 10.0. The molecule has 0 radical (unpaired) electrons. The molecule has 0 heterocycles. The van der Waals surface area contributed by atoms with Gasteiger partial charge in [0.05, 0.1) is 22.2 Å². The maximum atomic E-state index is 12.2. The highest BCUT2D eigenvalue weighted by atomic mass is 79.9. The van der Waals surface area contributed by atoms with Crippen molar-refractivity contribution in [1.82, 2.24) is 5.32 Å². The molecule has 25 heavy (non-hydrogen) atoms. The van der Waals surface area contributed by atoms with Crippen LogP contribution in [0.5, 0.6) is 11.5 Å². The molecule has 0 aromatic heterocycles. The minimum atomic E-state index is -0.610. The summed E-state index contributed by atoms with van der Waals surface area (Å²) < 4.78 is 5.68. The van der Waals surface area contributed by atoms with E-state index >= 15 is 0 Å². The minimum absolute atomic E-state index is 0.00964. The van der Waals surface area contributed by atoms with Crippen molar-refractivity contribution in [2.24, 2.45) is 0 Å². The van der Waals surface area contributed by atoms with Gasteiger partial charge in [-0.05, 0) is 52.4 Å². The number of non-ortho nitro benzene ring substituents is 1. The Hall–Kier alpha value is -2.72. The number of nitro groups is 1. The molecule has 0 saturated carbocycles. The Balaban J connectivity index is 2.10. The number of nitrogens with one attached hydrogen (secondary N) is 2. The highest BCUT2D eigenvalue weighted by Crippen LogP contribution is 2.28. The third-order valence-corrected chi connectivity index (χ3v) is 3.90. The maximum absolute atomic E-state index is 12.2. The molecule has 0 saturated heterocycles. The van der Waals surface area contributed by atoms with Gasteiger partial charge < -0.3 is 15.2 Å². The average molecular weight is 426 g/mol. The number of carbonyl (C=O) groups excluding carboxylic acids is 1. The van der Waals surface area contributed by atoms with Crippen LogP contribution < -0.4 is 15.4 Å². The van der Waals surface area contributed by atoms with Crippen molar-refractivity contribution in [2.45, 2.75) is 0 Å². The van der Waals surface area contributed by atoms with E-state index in [4.69, 9.17) is 17.0 Å². The van der Waals surface area contributed by atoms with Gasteiger partial charge in [0.1, 0.15) is 11.5 Å². The lowest BCUT2D eigenvalue weighted by Gasteiger charge is -2.11. The van der Waals surface area contributed by atoms with E-state index in [-0.39, 0.29) is 22.2 Å². The molecule has 2 aromatic carbocycles. The highest BCUT2D eigenvalue weighted by molar-refractivity contribution is 9.10. The fraction of sp³-hybridized carbons (Fsp3) is 0.0667. The van der Waals surface area contributed by atoms with E-state index in [1.54, 1.807) is 18.2 Å². The van der Waals surface area contributed by atoms with Gasteiger partial charge in [-0.3, -0.25) is 20.2 Å². The SMILES string of the molecule is COc1ccc(C(=O)NC(=S)Nc2cc([N+](=O)[O-])ccc2O)cc1Br. The summed E-state index contributed by atoms with van der Waals surface area (Å²) in [7, 11) is 1.50. The van der Waals surface area contributed by atoms with Gasteiger partial charge >= 0.3 is 0 Å². The molecule has 3 N–H and O–H groups in total. The van der Waals surface area contributed by atoms with Crippen molar-refractivity contribution in [3.05, 3.63) is 56.5 Å². The van der Waals surface area contributed by atoms with Crippen molar-refractivity contribution in [3.8, 4) is 11.5 Å². The number of rotatable bonds is 4. The number of phenolic OH excluding ortho intramolecular Hbond substituents is 1. The van der Waals surface area contributed by atoms with Crippen LogP contribution in [0, 0.1) is 10.1 Å². The smallest absolute Gasteiger partial charge is 0.271 e. The molecular formula is C15H12BrN3O5S. The van der Waals surface area contributed by atoms with E-state index in [1.807, 2.05) is 0 Å². The number of hydrogen-bond donors (Lipinski definition) is 3. The van der Waals surface area contributed by atoms with E-state index in [1.165, 1.54) is 7.11 Å². The first-order valence-corrected chi connectivity index (χ1v) is 7.95. The second-order valence-corrected chi connectivity index (χ2v) is 5.98. The van der Waals surface area contributed by atoms with Gasteiger partial charge in [-0.15, -0.1) is 0 Å². The summed E-state index contributed by atoms with van der Waals surface area (Å²) in [6.07, 6.45) is 0. The van der Waals surface area contributed by atoms with Gasteiger partial charge in [0.25, 0.3) is 11.6 Å². The molecule has 0 fully saturated rings. The van der Waals surface area contributed by atoms with Gasteiger partial charge in [0.2, 0.25) is 0 Å². The van der Waals surface area contributed by atoms with Crippen LogP contribution in [0.15, 0.2) is 40.9 Å². The average Bonchev–Trinajstić information content (AvgIpc) is 2.56. The van der Waals surface area contributed by atoms with E-state index < -0.39 is 10.8 Å². The zero-order valence-corrected chi connectivity index (χ0v) is 15.2. The molecule has 0 unspecified atom stereocenters. The Morgan fingerprint density at radius 3 is 2.64 bits per heavy atom. The van der Waals surface area contributed by atoms with Gasteiger partial charge in [-0.25, -0.2) is 0 Å². The molecule has 0 spiro atoms. The predicted octanol–water partition coefficient (Wildman–Crippen LogP) is 3.20. The third kappa shape index (κ3) is 4.64. The number of methoxy groups -OCH3 is 1. The zero-order valence-electron chi connectivity index (χ0n) is 12.8. The first-order valence-electron chi connectivity index (χ1n) is 6.75. The number of ether oxygens (including phenoxy) is 1. The molecule has 2 aromatic rings. The number of halogens is 1. The van der Waals surface area contributed by atoms with Gasteiger partial charge in [-0.1, -0.05) is 0 Å². The first kappa shape index (κ1) is 18.6. The summed E-state index contributed by atoms with van der Waals surface area (Å²) in [6.45, 7) is 0. The summed E-state index contributed by atoms with van der Waals surface area (Å²) in [5.74, 6) is -0.168. The number of amides is 1. The van der Waals surface area contributed by atoms with E-state index in [2.05, 4.69) is 26.6 Å².